The van der Waals surface area contributed by atoms with E-state index in [4.69, 9.17) is 9.47 Å². The van der Waals surface area contributed by atoms with Crippen LogP contribution in [0, 0.1) is 5.82 Å². The van der Waals surface area contributed by atoms with Crippen LogP contribution in [-0.4, -0.2) is 48.0 Å². The molecule has 0 saturated carbocycles. The predicted octanol–water partition coefficient (Wildman–Crippen LogP) is 1.63. The van der Waals surface area contributed by atoms with Crippen LogP contribution in [0.2, 0.25) is 0 Å². The Kier molecular flexibility index (Phi) is 3.03. The van der Waals surface area contributed by atoms with E-state index in [1.54, 1.807) is 6.92 Å². The molecule has 1 spiro atoms. The molecule has 0 aliphatic carbocycles. The van der Waals surface area contributed by atoms with Gasteiger partial charge in [0.15, 0.2) is 6.10 Å². The third kappa shape index (κ3) is 1.71. The van der Waals surface area contributed by atoms with Gasteiger partial charge in [0.05, 0.1) is 18.8 Å². The largest absolute Gasteiger partial charge is 0.493 e. The Morgan fingerprint density at radius 3 is 2.91 bits per heavy atom. The van der Waals surface area contributed by atoms with Gasteiger partial charge in [-0.05, 0) is 19.9 Å². The maximum Gasteiger partial charge on any atom is 0.370 e. The monoisotopic (exact) mass is 322 g/mol. The lowest BCUT2D eigenvalue weighted by Crippen LogP contribution is -2.73. The number of carbonyl (C=O) groups excluding carboxylic acids is 1. The number of ether oxygens (including phenoxy) is 2. The van der Waals surface area contributed by atoms with Crippen LogP contribution in [0.1, 0.15) is 37.4 Å². The van der Waals surface area contributed by atoms with Gasteiger partial charge in [0.1, 0.15) is 30.2 Å². The Balaban J connectivity index is 1.94. The molecule has 1 fully saturated rings. The fourth-order valence-electron chi connectivity index (χ4n) is 4.85. The summed E-state index contributed by atoms with van der Waals surface area (Å²) in [6, 6.07) is 2.25. The van der Waals surface area contributed by atoms with E-state index in [9.17, 15) is 14.3 Å². The number of fused-ring (bicyclic) bond motifs is 1. The zero-order valence-corrected chi connectivity index (χ0v) is 13.3. The standard InChI is InChI=1S/C17H21FNO4/c1-3-22-16(21)15-12-6-10(18)7-13-14(12)17(2,4-5-23-13)19(15)8-11(20)9-19/h6-7,11,15,20H,3-5,8-9H2,1-2H3/q+1. The highest BCUT2D eigenvalue weighted by atomic mass is 19.1. The van der Waals surface area contributed by atoms with Gasteiger partial charge in [0.2, 0.25) is 6.04 Å². The number of aliphatic hydroxyl groups excluding tert-OH is 1. The Morgan fingerprint density at radius 1 is 1.52 bits per heavy atom. The van der Waals surface area contributed by atoms with Crippen molar-refractivity contribution in [2.24, 2.45) is 0 Å². The maximum atomic E-state index is 14.1. The first kappa shape index (κ1) is 14.9. The molecule has 2 unspecified atom stereocenters. The van der Waals surface area contributed by atoms with Crippen molar-refractivity contribution in [2.75, 3.05) is 26.3 Å². The first-order valence-electron chi connectivity index (χ1n) is 8.11. The molecule has 5 nitrogen and oxygen atoms in total. The molecule has 1 aromatic carbocycles. The highest BCUT2D eigenvalue weighted by Crippen LogP contribution is 2.61. The first-order valence-corrected chi connectivity index (χ1v) is 8.11. The lowest BCUT2D eigenvalue weighted by molar-refractivity contribution is -1.03. The molecular formula is C17H21FNO4+. The van der Waals surface area contributed by atoms with Gasteiger partial charge in [-0.3, -0.25) is 4.48 Å². The number of quaternary nitrogens is 1. The molecule has 124 valence electrons. The van der Waals surface area contributed by atoms with E-state index in [0.717, 1.165) is 12.0 Å². The van der Waals surface area contributed by atoms with Gasteiger partial charge in [0, 0.05) is 18.1 Å². The molecule has 3 aliphatic rings. The highest BCUT2D eigenvalue weighted by molar-refractivity contribution is 5.79. The molecule has 1 saturated heterocycles. The smallest absolute Gasteiger partial charge is 0.370 e. The summed E-state index contributed by atoms with van der Waals surface area (Å²) in [5.74, 6) is -0.222. The molecule has 1 aromatic rings. The van der Waals surface area contributed by atoms with Crippen molar-refractivity contribution in [2.45, 2.75) is 38.0 Å². The number of benzene rings is 1. The van der Waals surface area contributed by atoms with Gasteiger partial charge in [0.25, 0.3) is 0 Å². The zero-order chi connectivity index (χ0) is 16.4. The number of carbonyl (C=O) groups is 1. The highest BCUT2D eigenvalue weighted by Gasteiger charge is 2.70. The van der Waals surface area contributed by atoms with Crippen LogP contribution in [0.4, 0.5) is 4.39 Å². The van der Waals surface area contributed by atoms with Crippen LogP contribution in [0.15, 0.2) is 12.1 Å². The first-order chi connectivity index (χ1) is 10.9. The summed E-state index contributed by atoms with van der Waals surface area (Å²) in [5, 5.41) is 9.98. The molecule has 0 amide bonds. The lowest BCUT2D eigenvalue weighted by atomic mass is 9.82. The molecule has 23 heavy (non-hydrogen) atoms. The molecule has 0 radical (unpaired) electrons. The second-order valence-corrected chi connectivity index (χ2v) is 6.95. The summed E-state index contributed by atoms with van der Waals surface area (Å²) >= 11 is 0. The molecule has 3 heterocycles. The molecule has 1 N–H and O–H groups in total. The number of aliphatic hydroxyl groups is 1. The van der Waals surface area contributed by atoms with Gasteiger partial charge in [-0.2, -0.15) is 0 Å². The Hall–Kier alpha value is -1.66. The summed E-state index contributed by atoms with van der Waals surface area (Å²) in [6.45, 7) is 5.59. The predicted molar refractivity (Wildman–Crippen MR) is 79.2 cm³/mol. The van der Waals surface area contributed by atoms with E-state index in [2.05, 4.69) is 6.92 Å². The lowest BCUT2D eigenvalue weighted by Gasteiger charge is -2.58. The molecule has 2 atom stereocenters. The molecule has 3 aliphatic heterocycles. The summed E-state index contributed by atoms with van der Waals surface area (Å²) in [6.07, 6.45) is 0.301. The van der Waals surface area contributed by atoms with Crippen LogP contribution < -0.4 is 4.74 Å². The average molecular weight is 322 g/mol. The summed E-state index contributed by atoms with van der Waals surface area (Å²) in [5.41, 5.74) is 1.22. The van der Waals surface area contributed by atoms with Crippen molar-refractivity contribution in [3.05, 3.63) is 29.1 Å². The van der Waals surface area contributed by atoms with Crippen molar-refractivity contribution < 1.29 is 28.2 Å². The second kappa shape index (κ2) is 4.68. The number of nitrogens with zero attached hydrogens (tertiary/aromatic N) is 1. The molecule has 0 aromatic heterocycles. The van der Waals surface area contributed by atoms with Crippen LogP contribution >= 0.6 is 0 Å². The molecule has 4 rings (SSSR count). The van der Waals surface area contributed by atoms with Gasteiger partial charge < -0.3 is 14.6 Å². The fourth-order valence-corrected chi connectivity index (χ4v) is 4.85. The third-order valence-electron chi connectivity index (χ3n) is 5.84. The van der Waals surface area contributed by atoms with Crippen LogP contribution in [0.5, 0.6) is 5.75 Å². The normalized spacial score (nSPS) is 37.0. The minimum absolute atomic E-state index is 0.280. The second-order valence-electron chi connectivity index (χ2n) is 6.95. The van der Waals surface area contributed by atoms with Gasteiger partial charge in [-0.15, -0.1) is 0 Å². The third-order valence-corrected chi connectivity index (χ3v) is 5.84. The van der Waals surface area contributed by atoms with E-state index >= 15 is 0 Å². The van der Waals surface area contributed by atoms with Crippen molar-refractivity contribution >= 4 is 5.97 Å². The number of rotatable bonds is 2. The van der Waals surface area contributed by atoms with E-state index in [1.165, 1.54) is 12.1 Å². The van der Waals surface area contributed by atoms with Crippen LogP contribution in [-0.2, 0) is 15.1 Å². The Labute approximate surface area is 134 Å². The quantitative estimate of drug-likeness (QED) is 0.664. The van der Waals surface area contributed by atoms with Crippen molar-refractivity contribution in [1.82, 2.24) is 0 Å². The van der Waals surface area contributed by atoms with Crippen molar-refractivity contribution in [1.29, 1.82) is 0 Å². The molecule has 0 bridgehead atoms. The van der Waals surface area contributed by atoms with Crippen molar-refractivity contribution in [3.63, 3.8) is 0 Å². The Bertz CT molecular complexity index is 685. The van der Waals surface area contributed by atoms with Crippen LogP contribution in [0.3, 0.4) is 0 Å². The van der Waals surface area contributed by atoms with E-state index in [0.29, 0.717) is 35.5 Å². The topological polar surface area (TPSA) is 55.8 Å². The van der Waals surface area contributed by atoms with Crippen molar-refractivity contribution in [3.8, 4) is 5.75 Å². The number of hydrogen-bond donors (Lipinski definition) is 1. The zero-order valence-electron chi connectivity index (χ0n) is 13.3. The average Bonchev–Trinajstić information content (AvgIpc) is 2.66. The van der Waals surface area contributed by atoms with Crippen LogP contribution in [0.25, 0.3) is 0 Å². The number of hydrogen-bond acceptors (Lipinski definition) is 4. The molecular weight excluding hydrogens is 301 g/mol. The number of halogens is 1. The molecule has 6 heteroatoms. The van der Waals surface area contributed by atoms with Gasteiger partial charge >= 0.3 is 5.97 Å². The Morgan fingerprint density at radius 2 is 2.26 bits per heavy atom. The SMILES string of the molecule is CCOC(=O)C1c2cc(F)cc3c2C(C)(CCO3)[N+]12CC(O)C2. The summed E-state index contributed by atoms with van der Waals surface area (Å²) in [4.78, 5) is 12.7. The van der Waals surface area contributed by atoms with E-state index in [-0.39, 0.29) is 18.1 Å². The van der Waals surface area contributed by atoms with Gasteiger partial charge in [-0.25, -0.2) is 9.18 Å². The van der Waals surface area contributed by atoms with E-state index < -0.39 is 18.0 Å². The van der Waals surface area contributed by atoms with E-state index in [1.807, 2.05) is 0 Å². The minimum atomic E-state index is -0.588. The van der Waals surface area contributed by atoms with Gasteiger partial charge in [-0.1, -0.05) is 0 Å². The number of esters is 1. The summed E-state index contributed by atoms with van der Waals surface area (Å²) < 4.78 is 25.4. The fraction of sp³-hybridized carbons (Fsp3) is 0.588. The minimum Gasteiger partial charge on any atom is -0.493 e. The maximum absolute atomic E-state index is 14.1. The summed E-state index contributed by atoms with van der Waals surface area (Å²) in [7, 11) is 0.